The molecule has 0 saturated heterocycles. The number of unbranched alkanes of at least 4 members (excludes halogenated alkanes) is 46. The van der Waals surface area contributed by atoms with Gasteiger partial charge in [-0.1, -0.05) is 348 Å². The number of hydrogen-bond donors (Lipinski definition) is 0. The number of rotatable bonds is 57. The van der Waals surface area contributed by atoms with Crippen molar-refractivity contribution in [3.63, 3.8) is 0 Å². The molecule has 0 aliphatic carbocycles. The summed E-state index contributed by atoms with van der Waals surface area (Å²) in [5.41, 5.74) is 0. The molecule has 0 radical (unpaired) electrons. The first-order valence-corrected chi connectivity index (χ1v) is 31.7. The Morgan fingerprint density at radius 1 is 0.284 bits per heavy atom. The highest BCUT2D eigenvalue weighted by Crippen LogP contribution is 2.27. The van der Waals surface area contributed by atoms with Crippen molar-refractivity contribution in [3.8, 4) is 0 Å². The smallest absolute Gasteiger partial charge is 0.243 e. The van der Waals surface area contributed by atoms with E-state index >= 15 is 0 Å². The number of aromatic nitrogens is 2. The summed E-state index contributed by atoms with van der Waals surface area (Å²) in [6, 6.07) is 0.692. The van der Waals surface area contributed by atoms with Gasteiger partial charge in [0.2, 0.25) is 6.33 Å². The molecule has 1 unspecified atom stereocenters. The monoisotopic (exact) mass is 959 g/mol. The Morgan fingerprint density at radius 2 is 0.478 bits per heavy atom. The Bertz CT molecular complexity index is 984. The maximum absolute atomic E-state index is 2.57. The molecule has 2 nitrogen and oxygen atoms in total. The minimum Gasteiger partial charge on any atom is -1.00 e. The minimum absolute atomic E-state index is 0. The van der Waals surface area contributed by atoms with Crippen molar-refractivity contribution in [1.82, 2.24) is 4.57 Å². The van der Waals surface area contributed by atoms with E-state index < -0.39 is 0 Å². The number of aryl methyl sites for hydroxylation is 1. The van der Waals surface area contributed by atoms with Gasteiger partial charge < -0.3 is 12.4 Å². The van der Waals surface area contributed by atoms with Crippen molar-refractivity contribution in [1.29, 1.82) is 0 Å². The molecule has 0 fully saturated rings. The van der Waals surface area contributed by atoms with Crippen LogP contribution < -0.4 is 17.0 Å². The maximum atomic E-state index is 2.57. The van der Waals surface area contributed by atoms with Gasteiger partial charge in [0.05, 0.1) is 7.05 Å². The van der Waals surface area contributed by atoms with Crippen molar-refractivity contribution >= 4 is 0 Å². The Labute approximate surface area is 431 Å². The molecule has 67 heavy (non-hydrogen) atoms. The molecule has 0 N–H and O–H groups in total. The second-order valence-corrected chi connectivity index (χ2v) is 22.6. The van der Waals surface area contributed by atoms with Crippen LogP contribution in [0.5, 0.6) is 0 Å². The van der Waals surface area contributed by atoms with Crippen LogP contribution in [-0.4, -0.2) is 4.57 Å². The van der Waals surface area contributed by atoms with E-state index in [1.807, 2.05) is 0 Å². The Morgan fingerprint density at radius 3 is 0.701 bits per heavy atom. The molecule has 3 heteroatoms. The summed E-state index contributed by atoms with van der Waals surface area (Å²) in [6.45, 7) is 6.97. The first-order valence-electron chi connectivity index (χ1n) is 31.7. The maximum Gasteiger partial charge on any atom is 0.243 e. The molecule has 0 aromatic carbocycles. The molecule has 0 aliphatic heterocycles. The van der Waals surface area contributed by atoms with Crippen LogP contribution in [0, 0.1) is 5.92 Å². The zero-order valence-corrected chi connectivity index (χ0v) is 47.8. The van der Waals surface area contributed by atoms with E-state index in [2.05, 4.69) is 55.7 Å². The summed E-state index contributed by atoms with van der Waals surface area (Å²) >= 11 is 0. The largest absolute Gasteiger partial charge is 1.00 e. The summed E-state index contributed by atoms with van der Waals surface area (Å²) < 4.78 is 4.82. The molecule has 1 aromatic heterocycles. The molecule has 400 valence electrons. The van der Waals surface area contributed by atoms with Gasteiger partial charge in [0.15, 0.2) is 0 Å². The van der Waals surface area contributed by atoms with E-state index in [0.717, 1.165) is 5.92 Å². The predicted octanol–water partition coefficient (Wildman–Crippen LogP) is 20.0. The van der Waals surface area contributed by atoms with E-state index in [1.54, 1.807) is 0 Å². The third-order valence-electron chi connectivity index (χ3n) is 15.9. The minimum atomic E-state index is 0. The molecular weight excluding hydrogens is 832 g/mol. The van der Waals surface area contributed by atoms with Crippen molar-refractivity contribution in [2.24, 2.45) is 13.0 Å². The fraction of sp³-hybridized carbons (Fsp3) is 0.953. The van der Waals surface area contributed by atoms with Crippen molar-refractivity contribution in [3.05, 3.63) is 18.7 Å². The molecule has 0 amide bonds. The molecule has 1 rings (SSSR count). The Kier molecular flexibility index (Phi) is 56.0. The van der Waals surface area contributed by atoms with E-state index in [-0.39, 0.29) is 12.4 Å². The van der Waals surface area contributed by atoms with Crippen LogP contribution in [0.3, 0.4) is 0 Å². The third-order valence-corrected chi connectivity index (χ3v) is 15.9. The van der Waals surface area contributed by atoms with E-state index in [0.29, 0.717) is 6.04 Å². The molecule has 0 saturated carbocycles. The van der Waals surface area contributed by atoms with E-state index in [4.69, 9.17) is 0 Å². The Hall–Kier alpha value is -0.500. The summed E-state index contributed by atoms with van der Waals surface area (Å²) in [5, 5.41) is 0. The fourth-order valence-corrected chi connectivity index (χ4v) is 11.3. The van der Waals surface area contributed by atoms with Gasteiger partial charge in [-0.05, 0) is 31.6 Å². The number of nitrogens with zero attached hydrogens (tertiary/aromatic N) is 2. The van der Waals surface area contributed by atoms with Crippen LogP contribution in [0.15, 0.2) is 18.7 Å². The summed E-state index contributed by atoms with van der Waals surface area (Å²) in [7, 11) is 2.20. The van der Waals surface area contributed by atoms with Crippen LogP contribution in [0.4, 0.5) is 0 Å². The zero-order chi connectivity index (χ0) is 47.3. The second-order valence-electron chi connectivity index (χ2n) is 22.6. The average Bonchev–Trinajstić information content (AvgIpc) is 3.77. The lowest BCUT2D eigenvalue weighted by atomic mass is 9.89. The van der Waals surface area contributed by atoms with Crippen molar-refractivity contribution in [2.45, 2.75) is 380 Å². The highest BCUT2D eigenvalue weighted by atomic mass is 35.5. The van der Waals surface area contributed by atoms with Crippen LogP contribution in [-0.2, 0) is 7.05 Å². The summed E-state index contributed by atoms with van der Waals surface area (Å²) in [5.74, 6) is 0.978. The van der Waals surface area contributed by atoms with Crippen LogP contribution in [0.2, 0.25) is 0 Å². The van der Waals surface area contributed by atoms with Gasteiger partial charge in [0, 0.05) is 0 Å². The van der Waals surface area contributed by atoms with Crippen molar-refractivity contribution < 1.29 is 17.0 Å². The molecule has 0 spiro atoms. The third kappa shape index (κ3) is 48.9. The second kappa shape index (κ2) is 56.4. The van der Waals surface area contributed by atoms with Gasteiger partial charge in [-0.3, -0.25) is 0 Å². The fourth-order valence-electron chi connectivity index (χ4n) is 11.3. The average molecular weight is 960 g/mol. The highest BCUT2D eigenvalue weighted by molar-refractivity contribution is 4.67. The van der Waals surface area contributed by atoms with Crippen LogP contribution >= 0.6 is 0 Å². The summed E-state index contributed by atoms with van der Waals surface area (Å²) in [4.78, 5) is 0. The van der Waals surface area contributed by atoms with E-state index in [9.17, 15) is 0 Å². The topological polar surface area (TPSA) is 8.81 Å². The number of hydrogen-bond acceptors (Lipinski definition) is 0. The number of imidazole rings is 1. The van der Waals surface area contributed by atoms with Gasteiger partial charge in [-0.2, -0.15) is 0 Å². The molecular formula is C64H127ClN2. The first kappa shape index (κ1) is 66.5. The van der Waals surface area contributed by atoms with Gasteiger partial charge in [0.25, 0.3) is 0 Å². The SMILES string of the molecule is CCCCCCCCCCCCCCCCCCC(CCCCCCCCCCCCCCCCCC)CCCCC(CCCCCCCCCCCCCCCCCC)[n+]1ccn(C)c1.[Cl-]. The normalized spacial score (nSPS) is 12.1. The lowest BCUT2D eigenvalue weighted by molar-refractivity contribution is -0.724. The van der Waals surface area contributed by atoms with E-state index in [1.165, 1.54) is 353 Å². The standard InChI is InChI=1S/C64H127N2.ClH/c1-5-8-11-14-17-20-23-26-29-32-35-38-41-44-47-50-55-63(56-51-48-45-42-39-36-33-30-27-24-21-18-15-12-9-6-2)57-53-54-59-64(66-61-60-65(4)62-66)58-52-49-46-43-40-37-34-31-28-25-22-19-16-13-10-7-3;/h60-64H,5-59H2,1-4H3;1H/q+1;/p-1. The first-order chi connectivity index (χ1) is 32.7. The molecule has 0 bridgehead atoms. The molecule has 1 atom stereocenters. The van der Waals surface area contributed by atoms with Crippen molar-refractivity contribution in [2.75, 3.05) is 0 Å². The van der Waals surface area contributed by atoms with Gasteiger partial charge in [-0.25, -0.2) is 9.13 Å². The number of halogens is 1. The zero-order valence-electron chi connectivity index (χ0n) is 47.1. The van der Waals surface area contributed by atoms with Crippen LogP contribution in [0.1, 0.15) is 380 Å². The predicted molar refractivity (Wildman–Crippen MR) is 299 cm³/mol. The quantitative estimate of drug-likeness (QED) is 0.0454. The van der Waals surface area contributed by atoms with Crippen LogP contribution in [0.25, 0.3) is 0 Å². The lowest BCUT2D eigenvalue weighted by Crippen LogP contribution is -3.00. The Balaban J connectivity index is 0.0000436. The molecule has 1 aromatic rings. The highest BCUT2D eigenvalue weighted by Gasteiger charge is 2.17. The van der Waals surface area contributed by atoms with Gasteiger partial charge in [0.1, 0.15) is 18.4 Å². The lowest BCUT2D eigenvalue weighted by Gasteiger charge is -2.18. The molecule has 1 heterocycles. The molecule has 0 aliphatic rings. The van der Waals surface area contributed by atoms with Gasteiger partial charge in [-0.15, -0.1) is 0 Å². The van der Waals surface area contributed by atoms with Gasteiger partial charge >= 0.3 is 0 Å². The summed E-state index contributed by atoms with van der Waals surface area (Å²) in [6.07, 6.45) is 87.5.